The Bertz CT molecular complexity index is 807. The van der Waals surface area contributed by atoms with Crippen LogP contribution in [0.2, 0.25) is 0 Å². The smallest absolute Gasteiger partial charge is 0.302 e. The molecule has 3 aromatic heterocycles. The van der Waals surface area contributed by atoms with Crippen molar-refractivity contribution in [2.75, 3.05) is 10.6 Å². The van der Waals surface area contributed by atoms with E-state index in [1.165, 1.54) is 28.9 Å². The number of anilines is 2. The normalized spacial score (nSPS) is 10.4. The molecule has 0 radical (unpaired) electrons. The van der Waals surface area contributed by atoms with Crippen molar-refractivity contribution < 1.29 is 14.0 Å². The number of thiophene rings is 1. The van der Waals surface area contributed by atoms with Gasteiger partial charge in [-0.15, -0.1) is 22.7 Å². The molecule has 0 aliphatic heterocycles. The highest BCUT2D eigenvalue weighted by atomic mass is 32.1. The molecule has 0 aliphatic rings. The summed E-state index contributed by atoms with van der Waals surface area (Å²) in [7, 11) is 0. The van der Waals surface area contributed by atoms with Gasteiger partial charge in [-0.25, -0.2) is 4.98 Å². The molecule has 3 aromatic rings. The third kappa shape index (κ3) is 3.21. The van der Waals surface area contributed by atoms with Crippen LogP contribution < -0.4 is 10.6 Å². The van der Waals surface area contributed by atoms with Crippen LogP contribution in [-0.4, -0.2) is 21.8 Å². The Morgan fingerprint density at radius 2 is 2.05 bits per heavy atom. The summed E-state index contributed by atoms with van der Waals surface area (Å²) in [5.41, 5.74) is 0.888. The van der Waals surface area contributed by atoms with E-state index in [9.17, 15) is 9.59 Å². The van der Waals surface area contributed by atoms with Crippen molar-refractivity contribution in [3.8, 4) is 0 Å². The summed E-state index contributed by atoms with van der Waals surface area (Å²) in [6, 6.07) is 3.42. The average molecular weight is 334 g/mol. The standard InChI is InChI=1S/C13H10N4O3S2/c1-7-6-22-13(14-7)17-10(18)8-5-20-12(15-8)16-11(19)9-3-2-4-21-9/h2-6H,1H3,(H,14,17,18)(H,15,16,19). The van der Waals surface area contributed by atoms with Gasteiger partial charge in [-0.2, -0.15) is 4.98 Å². The first-order chi connectivity index (χ1) is 10.6. The molecule has 9 heteroatoms. The fourth-order valence-corrected chi connectivity index (χ4v) is 2.88. The van der Waals surface area contributed by atoms with Crippen molar-refractivity contribution in [3.63, 3.8) is 0 Å². The van der Waals surface area contributed by atoms with Crippen LogP contribution in [0.25, 0.3) is 0 Å². The summed E-state index contributed by atoms with van der Waals surface area (Å²) in [4.78, 5) is 32.4. The molecule has 0 atom stereocenters. The third-order valence-corrected chi connectivity index (χ3v) is 4.29. The third-order valence-electron chi connectivity index (χ3n) is 2.54. The first kappa shape index (κ1) is 14.4. The van der Waals surface area contributed by atoms with Gasteiger partial charge in [-0.1, -0.05) is 6.07 Å². The van der Waals surface area contributed by atoms with Crippen molar-refractivity contribution in [1.82, 2.24) is 9.97 Å². The summed E-state index contributed by atoms with van der Waals surface area (Å²) in [6.45, 7) is 1.83. The van der Waals surface area contributed by atoms with E-state index in [2.05, 4.69) is 20.6 Å². The molecule has 22 heavy (non-hydrogen) atoms. The Kier molecular flexibility index (Phi) is 3.98. The molecule has 0 bridgehead atoms. The molecule has 3 rings (SSSR count). The van der Waals surface area contributed by atoms with Crippen LogP contribution in [0.3, 0.4) is 0 Å². The number of nitrogens with zero attached hydrogens (tertiary/aromatic N) is 2. The first-order valence-corrected chi connectivity index (χ1v) is 7.91. The van der Waals surface area contributed by atoms with Crippen LogP contribution in [0.5, 0.6) is 0 Å². The van der Waals surface area contributed by atoms with E-state index in [-0.39, 0.29) is 17.6 Å². The Hall–Kier alpha value is -2.52. The van der Waals surface area contributed by atoms with Gasteiger partial charge < -0.3 is 4.42 Å². The van der Waals surface area contributed by atoms with E-state index in [1.54, 1.807) is 17.5 Å². The molecule has 2 amide bonds. The predicted octanol–water partition coefficient (Wildman–Crippen LogP) is 3.01. The second kappa shape index (κ2) is 6.08. The van der Waals surface area contributed by atoms with Gasteiger partial charge in [0.25, 0.3) is 11.8 Å². The minimum Gasteiger partial charge on any atom is -0.431 e. The molecule has 0 saturated carbocycles. The predicted molar refractivity (Wildman–Crippen MR) is 83.6 cm³/mol. The van der Waals surface area contributed by atoms with Crippen LogP contribution in [0.4, 0.5) is 11.1 Å². The van der Waals surface area contributed by atoms with E-state index in [1.807, 2.05) is 12.3 Å². The summed E-state index contributed by atoms with van der Waals surface area (Å²) in [5, 5.41) is 9.19. The number of hydrogen-bond donors (Lipinski definition) is 2. The Morgan fingerprint density at radius 1 is 1.18 bits per heavy atom. The van der Waals surface area contributed by atoms with Crippen LogP contribution in [0, 0.1) is 6.92 Å². The number of aryl methyl sites for hydroxylation is 1. The summed E-state index contributed by atoms with van der Waals surface area (Å²) < 4.78 is 5.08. The molecule has 7 nitrogen and oxygen atoms in total. The topological polar surface area (TPSA) is 97.1 Å². The molecule has 0 aliphatic carbocycles. The molecule has 0 saturated heterocycles. The number of aromatic nitrogens is 2. The molecular formula is C13H10N4O3S2. The van der Waals surface area contributed by atoms with E-state index in [0.29, 0.717) is 10.0 Å². The Balaban J connectivity index is 1.65. The van der Waals surface area contributed by atoms with Gasteiger partial charge in [-0.3, -0.25) is 20.2 Å². The van der Waals surface area contributed by atoms with Gasteiger partial charge in [0.1, 0.15) is 6.26 Å². The minimum atomic E-state index is -0.449. The highest BCUT2D eigenvalue weighted by Crippen LogP contribution is 2.17. The fraction of sp³-hybridized carbons (Fsp3) is 0.0769. The molecular weight excluding hydrogens is 324 g/mol. The second-order valence-corrected chi connectivity index (χ2v) is 6.02. The SMILES string of the molecule is Cc1csc(NC(=O)c2coc(NC(=O)c3cccs3)n2)n1. The van der Waals surface area contributed by atoms with E-state index < -0.39 is 5.91 Å². The molecule has 0 spiro atoms. The number of oxazole rings is 1. The van der Waals surface area contributed by atoms with Crippen molar-refractivity contribution in [2.24, 2.45) is 0 Å². The maximum atomic E-state index is 12.0. The molecule has 112 valence electrons. The highest BCUT2D eigenvalue weighted by Gasteiger charge is 2.16. The lowest BCUT2D eigenvalue weighted by Gasteiger charge is -1.97. The Morgan fingerprint density at radius 3 is 2.73 bits per heavy atom. The lowest BCUT2D eigenvalue weighted by Crippen LogP contribution is -2.13. The minimum absolute atomic E-state index is 0.0288. The van der Waals surface area contributed by atoms with Gasteiger partial charge in [0.15, 0.2) is 10.8 Å². The number of amides is 2. The maximum absolute atomic E-state index is 12.0. The molecule has 0 unspecified atom stereocenters. The van der Waals surface area contributed by atoms with Crippen LogP contribution >= 0.6 is 22.7 Å². The van der Waals surface area contributed by atoms with E-state index in [4.69, 9.17) is 4.42 Å². The zero-order valence-electron chi connectivity index (χ0n) is 11.3. The molecule has 0 aromatic carbocycles. The largest absolute Gasteiger partial charge is 0.431 e. The zero-order valence-corrected chi connectivity index (χ0v) is 13.0. The van der Waals surface area contributed by atoms with Gasteiger partial charge in [-0.05, 0) is 18.4 Å². The number of thiazole rings is 1. The summed E-state index contributed by atoms with van der Waals surface area (Å²) >= 11 is 2.62. The van der Waals surface area contributed by atoms with Crippen LogP contribution in [0.15, 0.2) is 33.6 Å². The number of nitrogens with one attached hydrogen (secondary N) is 2. The zero-order chi connectivity index (χ0) is 15.5. The summed E-state index contributed by atoms with van der Waals surface area (Å²) in [5.74, 6) is -0.783. The second-order valence-electron chi connectivity index (χ2n) is 4.22. The van der Waals surface area contributed by atoms with E-state index >= 15 is 0 Å². The molecule has 2 N–H and O–H groups in total. The Labute approximate surface area is 133 Å². The number of hydrogen-bond acceptors (Lipinski definition) is 7. The monoisotopic (exact) mass is 334 g/mol. The van der Waals surface area contributed by atoms with E-state index in [0.717, 1.165) is 5.69 Å². The maximum Gasteiger partial charge on any atom is 0.302 e. The summed E-state index contributed by atoms with van der Waals surface area (Å²) in [6.07, 6.45) is 1.18. The van der Waals surface area contributed by atoms with Crippen LogP contribution in [-0.2, 0) is 0 Å². The first-order valence-electron chi connectivity index (χ1n) is 6.15. The quantitative estimate of drug-likeness (QED) is 0.764. The van der Waals surface area contributed by atoms with Crippen molar-refractivity contribution in [2.45, 2.75) is 6.92 Å². The average Bonchev–Trinajstić information content (AvgIpc) is 3.20. The lowest BCUT2D eigenvalue weighted by molar-refractivity contribution is 0.101. The fourth-order valence-electron chi connectivity index (χ4n) is 1.57. The lowest BCUT2D eigenvalue weighted by atomic mass is 10.4. The van der Waals surface area contributed by atoms with Gasteiger partial charge in [0, 0.05) is 5.38 Å². The van der Waals surface area contributed by atoms with Gasteiger partial charge in [0.05, 0.1) is 10.6 Å². The number of carbonyl (C=O) groups excluding carboxylic acids is 2. The van der Waals surface area contributed by atoms with Crippen molar-refractivity contribution >= 4 is 45.6 Å². The van der Waals surface area contributed by atoms with Gasteiger partial charge in [0.2, 0.25) is 0 Å². The van der Waals surface area contributed by atoms with Gasteiger partial charge >= 0.3 is 6.01 Å². The molecule has 0 fully saturated rings. The van der Waals surface area contributed by atoms with Crippen molar-refractivity contribution in [1.29, 1.82) is 0 Å². The van der Waals surface area contributed by atoms with Crippen LogP contribution in [0.1, 0.15) is 25.9 Å². The van der Waals surface area contributed by atoms with Crippen molar-refractivity contribution in [3.05, 3.63) is 45.4 Å². The number of rotatable bonds is 4. The highest BCUT2D eigenvalue weighted by molar-refractivity contribution is 7.14. The number of carbonyl (C=O) groups is 2. The molecule has 3 heterocycles.